The van der Waals surface area contributed by atoms with Crippen molar-refractivity contribution in [1.82, 2.24) is 14.5 Å². The molecular weight excluding hydrogens is 320 g/mol. The second kappa shape index (κ2) is 7.29. The van der Waals surface area contributed by atoms with Crippen molar-refractivity contribution in [2.24, 2.45) is 0 Å². The standard InChI is InChI=1S/C18H20N4O3/c1-3-4-9-25-18-8-5-13(2)20-16(18)11-21-12-19-15-10-14(22(23)24)6-7-17(15)21/h5-8,10,12H,3-4,9,11H2,1-2H3. The lowest BCUT2D eigenvalue weighted by molar-refractivity contribution is -0.384. The van der Waals surface area contributed by atoms with Crippen molar-refractivity contribution in [2.45, 2.75) is 33.2 Å². The summed E-state index contributed by atoms with van der Waals surface area (Å²) in [5, 5.41) is 10.9. The number of rotatable bonds is 7. The van der Waals surface area contributed by atoms with Gasteiger partial charge in [0.05, 0.1) is 35.4 Å². The van der Waals surface area contributed by atoms with Crippen LogP contribution in [-0.4, -0.2) is 26.1 Å². The molecule has 0 saturated heterocycles. The summed E-state index contributed by atoms with van der Waals surface area (Å²) < 4.78 is 7.78. The molecule has 2 aromatic heterocycles. The first-order valence-electron chi connectivity index (χ1n) is 8.27. The highest BCUT2D eigenvalue weighted by Gasteiger charge is 2.12. The number of hydrogen-bond acceptors (Lipinski definition) is 5. The van der Waals surface area contributed by atoms with Crippen molar-refractivity contribution in [1.29, 1.82) is 0 Å². The van der Waals surface area contributed by atoms with Crippen molar-refractivity contribution in [3.05, 3.63) is 58.2 Å². The first kappa shape index (κ1) is 16.9. The molecule has 0 N–H and O–H groups in total. The Balaban J connectivity index is 1.90. The largest absolute Gasteiger partial charge is 0.492 e. The van der Waals surface area contributed by atoms with Crippen molar-refractivity contribution in [3.8, 4) is 5.75 Å². The third-order valence-electron chi connectivity index (χ3n) is 3.96. The lowest BCUT2D eigenvalue weighted by atomic mass is 10.2. The molecule has 7 nitrogen and oxygen atoms in total. The number of unbranched alkanes of at least 4 members (excludes halogenated alkanes) is 1. The van der Waals surface area contributed by atoms with Gasteiger partial charge in [0.25, 0.3) is 5.69 Å². The van der Waals surface area contributed by atoms with E-state index in [1.165, 1.54) is 12.1 Å². The smallest absolute Gasteiger partial charge is 0.271 e. The number of fused-ring (bicyclic) bond motifs is 1. The second-order valence-electron chi connectivity index (χ2n) is 5.90. The van der Waals surface area contributed by atoms with Crippen LogP contribution in [0.1, 0.15) is 31.2 Å². The van der Waals surface area contributed by atoms with Crippen LogP contribution in [0.4, 0.5) is 5.69 Å². The average molecular weight is 340 g/mol. The van der Waals surface area contributed by atoms with Gasteiger partial charge in [-0.3, -0.25) is 15.1 Å². The van der Waals surface area contributed by atoms with Gasteiger partial charge >= 0.3 is 0 Å². The Kier molecular flexibility index (Phi) is 4.92. The van der Waals surface area contributed by atoms with E-state index in [1.807, 2.05) is 23.6 Å². The molecule has 0 aliphatic heterocycles. The number of ether oxygens (including phenoxy) is 1. The van der Waals surface area contributed by atoms with E-state index in [2.05, 4.69) is 16.9 Å². The monoisotopic (exact) mass is 340 g/mol. The summed E-state index contributed by atoms with van der Waals surface area (Å²) in [6, 6.07) is 8.56. The third kappa shape index (κ3) is 3.76. The highest BCUT2D eigenvalue weighted by molar-refractivity contribution is 5.78. The molecule has 3 rings (SSSR count). The van der Waals surface area contributed by atoms with Gasteiger partial charge in [0.1, 0.15) is 11.4 Å². The Hall–Kier alpha value is -2.96. The lowest BCUT2D eigenvalue weighted by Crippen LogP contribution is -2.06. The van der Waals surface area contributed by atoms with Crippen LogP contribution in [0, 0.1) is 17.0 Å². The SMILES string of the molecule is CCCCOc1ccc(C)nc1Cn1cnc2cc([N+](=O)[O-])ccc21. The van der Waals surface area contributed by atoms with Crippen molar-refractivity contribution in [2.75, 3.05) is 6.61 Å². The van der Waals surface area contributed by atoms with E-state index < -0.39 is 4.92 Å². The predicted octanol–water partition coefficient (Wildman–Crippen LogP) is 3.88. The molecule has 1 aromatic carbocycles. The van der Waals surface area contributed by atoms with Crippen LogP contribution < -0.4 is 4.74 Å². The van der Waals surface area contributed by atoms with E-state index in [4.69, 9.17) is 4.74 Å². The minimum Gasteiger partial charge on any atom is -0.492 e. The Morgan fingerprint density at radius 2 is 2.12 bits per heavy atom. The van der Waals surface area contributed by atoms with E-state index >= 15 is 0 Å². The lowest BCUT2D eigenvalue weighted by Gasteiger charge is -2.12. The van der Waals surface area contributed by atoms with Gasteiger partial charge in [0.2, 0.25) is 0 Å². The number of non-ortho nitro benzene ring substituents is 1. The number of imidazole rings is 1. The topological polar surface area (TPSA) is 83.1 Å². The summed E-state index contributed by atoms with van der Waals surface area (Å²) in [6.07, 6.45) is 3.73. The zero-order chi connectivity index (χ0) is 17.8. The quantitative estimate of drug-likeness (QED) is 0.370. The molecule has 0 aliphatic carbocycles. The molecule has 0 saturated carbocycles. The van der Waals surface area contributed by atoms with Crippen molar-refractivity contribution < 1.29 is 9.66 Å². The first-order chi connectivity index (χ1) is 12.1. The molecule has 0 amide bonds. The van der Waals surface area contributed by atoms with Crippen molar-refractivity contribution in [3.63, 3.8) is 0 Å². The molecule has 3 aromatic rings. The number of benzene rings is 1. The number of aryl methyl sites for hydroxylation is 1. The predicted molar refractivity (Wildman–Crippen MR) is 94.9 cm³/mol. The van der Waals surface area contributed by atoms with E-state index in [1.54, 1.807) is 12.4 Å². The molecule has 0 spiro atoms. The molecule has 0 bridgehead atoms. The van der Waals surface area contributed by atoms with E-state index in [9.17, 15) is 10.1 Å². The van der Waals surface area contributed by atoms with Gasteiger partial charge in [-0.05, 0) is 31.5 Å². The zero-order valence-corrected chi connectivity index (χ0v) is 14.3. The highest BCUT2D eigenvalue weighted by Crippen LogP contribution is 2.23. The number of pyridine rings is 1. The van der Waals surface area contributed by atoms with Crippen LogP contribution in [0.3, 0.4) is 0 Å². The van der Waals surface area contributed by atoms with Crippen molar-refractivity contribution >= 4 is 16.7 Å². The van der Waals surface area contributed by atoms with Crippen LogP contribution in [0.2, 0.25) is 0 Å². The summed E-state index contributed by atoms with van der Waals surface area (Å²) in [4.78, 5) is 19.4. The summed E-state index contributed by atoms with van der Waals surface area (Å²) in [6.45, 7) is 5.21. The molecule has 7 heteroatoms. The van der Waals surface area contributed by atoms with Gasteiger partial charge in [-0.25, -0.2) is 4.98 Å². The molecule has 2 heterocycles. The fraction of sp³-hybridized carbons (Fsp3) is 0.333. The molecule has 0 aliphatic rings. The van der Waals surface area contributed by atoms with E-state index in [0.29, 0.717) is 18.7 Å². The number of hydrogen-bond donors (Lipinski definition) is 0. The Morgan fingerprint density at radius 1 is 1.28 bits per heavy atom. The molecule has 130 valence electrons. The maximum absolute atomic E-state index is 10.9. The Bertz CT molecular complexity index is 904. The molecule has 0 unspecified atom stereocenters. The summed E-state index contributed by atoms with van der Waals surface area (Å²) in [5.74, 6) is 0.766. The fourth-order valence-electron chi connectivity index (χ4n) is 2.62. The molecule has 0 radical (unpaired) electrons. The van der Waals surface area contributed by atoms with E-state index in [-0.39, 0.29) is 5.69 Å². The summed E-state index contributed by atoms with van der Waals surface area (Å²) in [5.41, 5.74) is 3.20. The third-order valence-corrected chi connectivity index (χ3v) is 3.96. The maximum Gasteiger partial charge on any atom is 0.271 e. The first-order valence-corrected chi connectivity index (χ1v) is 8.27. The number of nitro benzene ring substituents is 1. The van der Waals surface area contributed by atoms with Crippen LogP contribution in [0.5, 0.6) is 5.75 Å². The van der Waals surface area contributed by atoms with Gasteiger partial charge in [-0.15, -0.1) is 0 Å². The Morgan fingerprint density at radius 3 is 2.88 bits per heavy atom. The molecule has 0 atom stereocenters. The molecule has 0 fully saturated rings. The Labute approximate surface area is 145 Å². The zero-order valence-electron chi connectivity index (χ0n) is 14.3. The van der Waals surface area contributed by atoms with Gasteiger partial charge in [-0.2, -0.15) is 0 Å². The highest BCUT2D eigenvalue weighted by atomic mass is 16.6. The minimum absolute atomic E-state index is 0.0371. The summed E-state index contributed by atoms with van der Waals surface area (Å²) >= 11 is 0. The normalized spacial score (nSPS) is 11.0. The fourth-order valence-corrected chi connectivity index (χ4v) is 2.62. The summed E-state index contributed by atoms with van der Waals surface area (Å²) in [7, 11) is 0. The maximum atomic E-state index is 10.9. The molecular formula is C18H20N4O3. The van der Waals surface area contributed by atoms with Crippen LogP contribution in [0.15, 0.2) is 36.7 Å². The second-order valence-corrected chi connectivity index (χ2v) is 5.90. The minimum atomic E-state index is -0.416. The number of nitrogens with zero attached hydrogens (tertiary/aromatic N) is 4. The molecule has 25 heavy (non-hydrogen) atoms. The van der Waals surface area contributed by atoms with E-state index in [0.717, 1.165) is 35.5 Å². The average Bonchev–Trinajstić information content (AvgIpc) is 2.99. The van der Waals surface area contributed by atoms with Gasteiger partial charge in [0, 0.05) is 17.8 Å². The van der Waals surface area contributed by atoms with Crippen LogP contribution in [0.25, 0.3) is 11.0 Å². The number of aromatic nitrogens is 3. The van der Waals surface area contributed by atoms with Gasteiger partial charge < -0.3 is 9.30 Å². The van der Waals surface area contributed by atoms with Gasteiger partial charge in [0.15, 0.2) is 0 Å². The van der Waals surface area contributed by atoms with Crippen LogP contribution >= 0.6 is 0 Å². The van der Waals surface area contributed by atoms with Gasteiger partial charge in [-0.1, -0.05) is 13.3 Å². The van der Waals surface area contributed by atoms with Crippen LogP contribution in [-0.2, 0) is 6.54 Å². The number of nitro groups is 1.